The first-order valence-electron chi connectivity index (χ1n) is 16.6. The standard InChI is InChI=1S/C43H29F6N3/c1-23-9-5-13-31-32-14-6-10-24(2)39(32)51(38(23)31)36-19-28(22-50)35(27-17-29(42(44,45)46)20-30(18-27)43(47,48)49)21-37(36)52-40-25(3)11-7-15-33(40)34-16-8-12-26(4)41(34)52/h5-21H,1-4H3. The Morgan fingerprint density at radius 3 is 1.15 bits per heavy atom. The number of para-hydroxylation sites is 4. The third kappa shape index (κ3) is 4.96. The molecule has 0 atom stereocenters. The van der Waals surface area contributed by atoms with E-state index in [4.69, 9.17) is 0 Å². The van der Waals surface area contributed by atoms with Gasteiger partial charge in [-0.1, -0.05) is 72.8 Å². The Kier molecular flexibility index (Phi) is 7.33. The first kappa shape index (κ1) is 33.2. The molecule has 6 aromatic carbocycles. The summed E-state index contributed by atoms with van der Waals surface area (Å²) in [5, 5.41) is 14.4. The van der Waals surface area contributed by atoms with Crippen molar-refractivity contribution in [1.29, 1.82) is 5.26 Å². The van der Waals surface area contributed by atoms with Crippen LogP contribution in [0.5, 0.6) is 0 Å². The number of fused-ring (bicyclic) bond motifs is 6. The number of aryl methyl sites for hydroxylation is 4. The van der Waals surface area contributed by atoms with Crippen LogP contribution in [0.2, 0.25) is 0 Å². The molecule has 2 heterocycles. The van der Waals surface area contributed by atoms with Gasteiger partial charge in [-0.05, 0) is 85.8 Å². The maximum absolute atomic E-state index is 14.2. The molecule has 0 N–H and O–H groups in total. The maximum atomic E-state index is 14.2. The van der Waals surface area contributed by atoms with Crippen molar-refractivity contribution >= 4 is 43.6 Å². The zero-order valence-corrected chi connectivity index (χ0v) is 28.4. The fourth-order valence-corrected chi connectivity index (χ4v) is 7.77. The second-order valence-electron chi connectivity index (χ2n) is 13.3. The van der Waals surface area contributed by atoms with E-state index in [-0.39, 0.29) is 22.8 Å². The number of hydrogen-bond donors (Lipinski definition) is 0. The highest BCUT2D eigenvalue weighted by Crippen LogP contribution is 2.45. The van der Waals surface area contributed by atoms with E-state index in [0.29, 0.717) is 23.5 Å². The highest BCUT2D eigenvalue weighted by Gasteiger charge is 2.37. The number of halogens is 6. The second kappa shape index (κ2) is 11.5. The molecule has 0 aliphatic carbocycles. The SMILES string of the molecule is Cc1cccc2c3cccc(C)c3n(-c3cc(C#N)c(-c4cc(C(F)(F)F)cc(C(F)(F)F)c4)cc3-n3c4c(C)cccc4c4cccc(C)c43)c12. The lowest BCUT2D eigenvalue weighted by Crippen LogP contribution is -2.11. The molecular weight excluding hydrogens is 672 g/mol. The van der Waals surface area contributed by atoms with E-state index in [2.05, 4.69) is 10.6 Å². The summed E-state index contributed by atoms with van der Waals surface area (Å²) < 4.78 is 89.1. The highest BCUT2D eigenvalue weighted by molar-refractivity contribution is 6.13. The minimum absolute atomic E-state index is 0.0516. The van der Waals surface area contributed by atoms with Crippen LogP contribution in [0.4, 0.5) is 26.3 Å². The molecule has 0 unspecified atom stereocenters. The Hall–Kier alpha value is -6.01. The van der Waals surface area contributed by atoms with Gasteiger partial charge in [0.2, 0.25) is 0 Å². The molecule has 0 saturated carbocycles. The van der Waals surface area contributed by atoms with Crippen LogP contribution in [-0.2, 0) is 12.4 Å². The average molecular weight is 702 g/mol. The van der Waals surface area contributed by atoms with Gasteiger partial charge in [0.1, 0.15) is 0 Å². The summed E-state index contributed by atoms with van der Waals surface area (Å²) in [6, 6.07) is 30.6. The summed E-state index contributed by atoms with van der Waals surface area (Å²) in [5.41, 5.74) is 4.78. The summed E-state index contributed by atoms with van der Waals surface area (Å²) in [4.78, 5) is 0. The van der Waals surface area contributed by atoms with Crippen LogP contribution in [0.15, 0.2) is 103 Å². The summed E-state index contributed by atoms with van der Waals surface area (Å²) in [6.45, 7) is 7.91. The smallest absolute Gasteiger partial charge is 0.307 e. The van der Waals surface area contributed by atoms with Gasteiger partial charge < -0.3 is 9.13 Å². The molecular formula is C43H29F6N3. The Morgan fingerprint density at radius 2 is 0.827 bits per heavy atom. The van der Waals surface area contributed by atoms with Gasteiger partial charge in [0, 0.05) is 27.1 Å². The third-order valence-corrected chi connectivity index (χ3v) is 10.0. The number of alkyl halides is 6. The Balaban J connectivity index is 1.62. The molecule has 0 amide bonds. The molecule has 0 spiro atoms. The summed E-state index contributed by atoms with van der Waals surface area (Å²) >= 11 is 0. The van der Waals surface area contributed by atoms with Crippen molar-refractivity contribution in [1.82, 2.24) is 9.13 Å². The van der Waals surface area contributed by atoms with Crippen molar-refractivity contribution in [2.24, 2.45) is 0 Å². The fourth-order valence-electron chi connectivity index (χ4n) is 7.77. The number of hydrogen-bond acceptors (Lipinski definition) is 1. The quantitative estimate of drug-likeness (QED) is 0.169. The summed E-state index contributed by atoms with van der Waals surface area (Å²) in [7, 11) is 0. The van der Waals surface area contributed by atoms with Crippen molar-refractivity contribution < 1.29 is 26.3 Å². The maximum Gasteiger partial charge on any atom is 0.416 e. The molecule has 258 valence electrons. The topological polar surface area (TPSA) is 33.6 Å². The average Bonchev–Trinajstić information content (AvgIpc) is 3.63. The predicted molar refractivity (Wildman–Crippen MR) is 194 cm³/mol. The molecule has 0 radical (unpaired) electrons. The molecule has 8 rings (SSSR count). The lowest BCUT2D eigenvalue weighted by Gasteiger charge is -2.22. The first-order valence-corrected chi connectivity index (χ1v) is 16.6. The van der Waals surface area contributed by atoms with Gasteiger partial charge in [0.05, 0.1) is 56.2 Å². The van der Waals surface area contributed by atoms with Crippen LogP contribution in [0.25, 0.3) is 66.1 Å². The zero-order chi connectivity index (χ0) is 36.9. The van der Waals surface area contributed by atoms with E-state index in [1.807, 2.05) is 105 Å². The van der Waals surface area contributed by atoms with Gasteiger partial charge in [-0.15, -0.1) is 0 Å². The predicted octanol–water partition coefficient (Wildman–Crippen LogP) is 12.7. The van der Waals surface area contributed by atoms with E-state index in [1.54, 1.807) is 12.1 Å². The molecule has 9 heteroatoms. The molecule has 0 fully saturated rings. The van der Waals surface area contributed by atoms with Crippen LogP contribution < -0.4 is 0 Å². The number of aromatic nitrogens is 2. The molecule has 0 aliphatic rings. The molecule has 0 aliphatic heterocycles. The van der Waals surface area contributed by atoms with Crippen molar-refractivity contribution in [2.75, 3.05) is 0 Å². The van der Waals surface area contributed by atoms with Crippen LogP contribution in [-0.4, -0.2) is 9.13 Å². The van der Waals surface area contributed by atoms with E-state index in [0.717, 1.165) is 65.9 Å². The van der Waals surface area contributed by atoms with Crippen LogP contribution in [0, 0.1) is 39.0 Å². The van der Waals surface area contributed by atoms with Crippen molar-refractivity contribution in [3.05, 3.63) is 142 Å². The molecule has 2 aromatic heterocycles. The van der Waals surface area contributed by atoms with E-state index < -0.39 is 23.5 Å². The zero-order valence-electron chi connectivity index (χ0n) is 28.4. The Labute approximate surface area is 294 Å². The van der Waals surface area contributed by atoms with Gasteiger partial charge in [-0.3, -0.25) is 0 Å². The Bertz CT molecular complexity index is 2670. The van der Waals surface area contributed by atoms with Gasteiger partial charge in [0.15, 0.2) is 0 Å². The normalized spacial score (nSPS) is 12.4. The first-order chi connectivity index (χ1) is 24.7. The van der Waals surface area contributed by atoms with Gasteiger partial charge in [-0.2, -0.15) is 31.6 Å². The monoisotopic (exact) mass is 701 g/mol. The number of nitriles is 1. The number of nitrogens with zero attached hydrogens (tertiary/aromatic N) is 3. The minimum Gasteiger partial charge on any atom is -0.307 e. The van der Waals surface area contributed by atoms with Gasteiger partial charge >= 0.3 is 12.4 Å². The van der Waals surface area contributed by atoms with Crippen LogP contribution in [0.3, 0.4) is 0 Å². The highest BCUT2D eigenvalue weighted by atomic mass is 19.4. The minimum atomic E-state index is -5.06. The molecule has 3 nitrogen and oxygen atoms in total. The Morgan fingerprint density at radius 1 is 0.481 bits per heavy atom. The fraction of sp³-hybridized carbons (Fsp3) is 0.140. The van der Waals surface area contributed by atoms with Crippen LogP contribution >= 0.6 is 0 Å². The van der Waals surface area contributed by atoms with Gasteiger partial charge in [-0.25, -0.2) is 0 Å². The number of rotatable bonds is 3. The molecule has 52 heavy (non-hydrogen) atoms. The molecule has 8 aromatic rings. The molecule has 0 bridgehead atoms. The summed E-state index contributed by atoms with van der Waals surface area (Å²) in [6.07, 6.45) is -10.1. The summed E-state index contributed by atoms with van der Waals surface area (Å²) in [5.74, 6) is 0. The van der Waals surface area contributed by atoms with E-state index >= 15 is 0 Å². The lowest BCUT2D eigenvalue weighted by atomic mass is 9.94. The van der Waals surface area contributed by atoms with Crippen LogP contribution in [0.1, 0.15) is 38.9 Å². The third-order valence-electron chi connectivity index (χ3n) is 10.0. The van der Waals surface area contributed by atoms with Crippen molar-refractivity contribution in [3.63, 3.8) is 0 Å². The van der Waals surface area contributed by atoms with Gasteiger partial charge in [0.25, 0.3) is 0 Å². The van der Waals surface area contributed by atoms with E-state index in [1.165, 1.54) is 0 Å². The van der Waals surface area contributed by atoms with E-state index in [9.17, 15) is 31.6 Å². The number of benzene rings is 6. The second-order valence-corrected chi connectivity index (χ2v) is 13.3. The molecule has 0 saturated heterocycles. The van der Waals surface area contributed by atoms with Crippen molar-refractivity contribution in [2.45, 2.75) is 40.0 Å². The largest absolute Gasteiger partial charge is 0.416 e. The van der Waals surface area contributed by atoms with Crippen molar-refractivity contribution in [3.8, 4) is 28.6 Å². The lowest BCUT2D eigenvalue weighted by molar-refractivity contribution is -0.143.